The van der Waals surface area contributed by atoms with Gasteiger partial charge in [-0.15, -0.1) is 0 Å². The highest BCUT2D eigenvalue weighted by molar-refractivity contribution is 5.85. The van der Waals surface area contributed by atoms with Crippen molar-refractivity contribution < 1.29 is 45.9 Å². The molecule has 1 aromatic carbocycles. The maximum Gasteiger partial charge on any atom is 0.430 e. The Morgan fingerprint density at radius 3 is 2.18 bits per heavy atom. The molecule has 1 amide bonds. The van der Waals surface area contributed by atoms with Crippen molar-refractivity contribution >= 4 is 17.7 Å². The van der Waals surface area contributed by atoms with Gasteiger partial charge in [-0.2, -0.15) is 13.2 Å². The molecule has 0 spiro atoms. The molecule has 11 heteroatoms. The Labute approximate surface area is 195 Å². The van der Waals surface area contributed by atoms with Gasteiger partial charge >= 0.3 is 12.3 Å². The van der Waals surface area contributed by atoms with Crippen LogP contribution in [0.5, 0.6) is 0 Å². The SMILES string of the molecule is CCCCCCC[N+]12CCC(CC1)[C@@H](OC(=O)Nc1c(F)cccc1F)C2.O=C([O-])C(F)(F)F. The number of amides is 1. The summed E-state index contributed by atoms with van der Waals surface area (Å²) in [5.74, 6) is -4.23. The van der Waals surface area contributed by atoms with E-state index in [1.807, 2.05) is 0 Å². The molecule has 0 aromatic heterocycles. The molecule has 34 heavy (non-hydrogen) atoms. The third-order valence-corrected chi connectivity index (χ3v) is 6.46. The Balaban J connectivity index is 0.000000509. The van der Waals surface area contributed by atoms with Crippen LogP contribution < -0.4 is 10.4 Å². The molecule has 3 saturated heterocycles. The monoisotopic (exact) mass is 494 g/mol. The van der Waals surface area contributed by atoms with Crippen LogP contribution in [-0.4, -0.2) is 55.0 Å². The number of halogens is 5. The number of quaternary nitrogens is 1. The zero-order valence-corrected chi connectivity index (χ0v) is 19.1. The Kier molecular flexibility index (Phi) is 10.1. The first-order chi connectivity index (χ1) is 16.0. The zero-order valence-electron chi connectivity index (χ0n) is 19.1. The van der Waals surface area contributed by atoms with E-state index in [0.717, 1.165) is 55.6 Å². The van der Waals surface area contributed by atoms with E-state index in [1.54, 1.807) is 0 Å². The van der Waals surface area contributed by atoms with E-state index in [-0.39, 0.29) is 6.10 Å². The van der Waals surface area contributed by atoms with Gasteiger partial charge in [0.2, 0.25) is 0 Å². The van der Waals surface area contributed by atoms with Crippen LogP contribution in [-0.2, 0) is 9.53 Å². The summed E-state index contributed by atoms with van der Waals surface area (Å²) < 4.78 is 65.6. The first kappa shape index (κ1) is 27.8. The lowest BCUT2D eigenvalue weighted by Crippen LogP contribution is -2.64. The van der Waals surface area contributed by atoms with Gasteiger partial charge in [-0.25, -0.2) is 13.6 Å². The van der Waals surface area contributed by atoms with E-state index in [1.165, 1.54) is 38.2 Å². The number of piperidine rings is 3. The molecule has 3 fully saturated rings. The number of carbonyl (C=O) groups excluding carboxylic acids is 2. The Hall–Kier alpha value is -2.43. The second-order valence-electron chi connectivity index (χ2n) is 8.90. The lowest BCUT2D eigenvalue weighted by atomic mass is 9.83. The number of para-hydroxylation sites is 1. The molecule has 3 aliphatic rings. The summed E-state index contributed by atoms with van der Waals surface area (Å²) in [5.41, 5.74) is -0.441. The number of hydrogen-bond acceptors (Lipinski definition) is 4. The van der Waals surface area contributed by atoms with Crippen molar-refractivity contribution in [3.05, 3.63) is 29.8 Å². The van der Waals surface area contributed by atoms with E-state index in [9.17, 15) is 26.7 Å². The number of nitrogens with zero attached hydrogens (tertiary/aromatic N) is 1. The van der Waals surface area contributed by atoms with Crippen LogP contribution in [0, 0.1) is 17.6 Å². The maximum absolute atomic E-state index is 13.7. The number of rotatable bonds is 8. The van der Waals surface area contributed by atoms with Crippen molar-refractivity contribution in [2.45, 2.75) is 64.1 Å². The Bertz CT molecular complexity index is 806. The van der Waals surface area contributed by atoms with Crippen LogP contribution in [0.4, 0.5) is 32.4 Å². The summed E-state index contributed by atoms with van der Waals surface area (Å²) in [6.45, 7) is 6.49. The van der Waals surface area contributed by atoms with Crippen molar-refractivity contribution in [2.75, 3.05) is 31.5 Å². The zero-order chi connectivity index (χ0) is 25.4. The lowest BCUT2D eigenvalue weighted by molar-refractivity contribution is -0.946. The van der Waals surface area contributed by atoms with Crippen LogP contribution >= 0.6 is 0 Å². The summed E-state index contributed by atoms with van der Waals surface area (Å²) >= 11 is 0. The fourth-order valence-corrected chi connectivity index (χ4v) is 4.61. The molecule has 4 rings (SSSR count). The maximum atomic E-state index is 13.7. The van der Waals surface area contributed by atoms with Gasteiger partial charge in [0.25, 0.3) is 0 Å². The van der Waals surface area contributed by atoms with Crippen molar-refractivity contribution in [3.63, 3.8) is 0 Å². The number of nitrogens with one attached hydrogen (secondary N) is 1. The summed E-state index contributed by atoms with van der Waals surface area (Å²) in [6.07, 6.45) is 2.28. The highest BCUT2D eigenvalue weighted by atomic mass is 19.4. The predicted octanol–water partition coefficient (Wildman–Crippen LogP) is 4.39. The van der Waals surface area contributed by atoms with Crippen molar-refractivity contribution in [1.29, 1.82) is 0 Å². The van der Waals surface area contributed by atoms with Gasteiger partial charge in [-0.05, 0) is 25.0 Å². The molecule has 192 valence electrons. The molecule has 1 N–H and O–H groups in total. The van der Waals surface area contributed by atoms with Crippen molar-refractivity contribution in [1.82, 2.24) is 0 Å². The topological polar surface area (TPSA) is 78.5 Å². The number of hydrogen-bond donors (Lipinski definition) is 1. The Morgan fingerprint density at radius 1 is 1.09 bits per heavy atom. The summed E-state index contributed by atoms with van der Waals surface area (Å²) in [6, 6.07) is 3.50. The van der Waals surface area contributed by atoms with Crippen molar-refractivity contribution in [3.8, 4) is 0 Å². The minimum atomic E-state index is -5.19. The average molecular weight is 495 g/mol. The minimum Gasteiger partial charge on any atom is -0.542 e. The molecule has 6 nitrogen and oxygen atoms in total. The highest BCUT2D eigenvalue weighted by Crippen LogP contribution is 2.36. The molecular formula is C23H31F5N2O4. The molecule has 1 aromatic rings. The molecule has 2 bridgehead atoms. The van der Waals surface area contributed by atoms with E-state index in [4.69, 9.17) is 14.6 Å². The third-order valence-electron chi connectivity index (χ3n) is 6.46. The number of ether oxygens (including phenoxy) is 1. The minimum absolute atomic E-state index is 0.169. The number of carboxylic acid groups (broad SMARTS) is 1. The van der Waals surface area contributed by atoms with Crippen LogP contribution in [0.3, 0.4) is 0 Å². The molecule has 0 aliphatic carbocycles. The van der Waals surface area contributed by atoms with Gasteiger partial charge in [-0.1, -0.05) is 32.3 Å². The number of carboxylic acids is 1. The quantitative estimate of drug-likeness (QED) is 0.330. The molecule has 0 radical (unpaired) electrons. The highest BCUT2D eigenvalue weighted by Gasteiger charge is 2.47. The normalized spacial score (nSPS) is 23.6. The fraction of sp³-hybridized carbons (Fsp3) is 0.652. The summed E-state index contributed by atoms with van der Waals surface area (Å²) in [5, 5.41) is 11.0. The largest absolute Gasteiger partial charge is 0.542 e. The molecule has 3 heterocycles. The fourth-order valence-electron chi connectivity index (χ4n) is 4.61. The molecule has 0 saturated carbocycles. The van der Waals surface area contributed by atoms with Crippen LogP contribution in [0.15, 0.2) is 18.2 Å². The second kappa shape index (κ2) is 12.3. The van der Waals surface area contributed by atoms with Gasteiger partial charge in [0.15, 0.2) is 6.10 Å². The summed E-state index contributed by atoms with van der Waals surface area (Å²) in [4.78, 5) is 21.0. The molecule has 3 aliphatic heterocycles. The summed E-state index contributed by atoms with van der Waals surface area (Å²) in [7, 11) is 0. The van der Waals surface area contributed by atoms with Gasteiger partial charge in [0.1, 0.15) is 29.8 Å². The van der Waals surface area contributed by atoms with Gasteiger partial charge in [0, 0.05) is 18.8 Å². The van der Waals surface area contributed by atoms with E-state index >= 15 is 0 Å². The van der Waals surface area contributed by atoms with E-state index in [2.05, 4.69) is 12.2 Å². The van der Waals surface area contributed by atoms with Crippen LogP contribution in [0.1, 0.15) is 51.9 Å². The van der Waals surface area contributed by atoms with Gasteiger partial charge in [0.05, 0.1) is 19.6 Å². The standard InChI is InChI=1S/C21H30F2N2O2.C2HF3O2/c1-2-3-4-5-6-12-25-13-10-16(11-14-25)19(15-25)27-21(26)24-20-17(22)8-7-9-18(20)23;3-2(4,5)1(6)7/h7-9,16,19H,2-6,10-15H2,1H3;(H,6,7)/t16?,19-,25?;/m0./s1. The van der Waals surface area contributed by atoms with Crippen LogP contribution in [0.25, 0.3) is 0 Å². The first-order valence-electron chi connectivity index (χ1n) is 11.5. The third kappa shape index (κ3) is 8.11. The number of aliphatic carboxylic acids is 1. The van der Waals surface area contributed by atoms with Crippen LogP contribution in [0.2, 0.25) is 0 Å². The van der Waals surface area contributed by atoms with E-state index < -0.39 is 35.6 Å². The number of unbranched alkanes of at least 4 members (excludes halogenated alkanes) is 4. The molecular weight excluding hydrogens is 463 g/mol. The number of benzene rings is 1. The van der Waals surface area contributed by atoms with Crippen molar-refractivity contribution in [2.24, 2.45) is 5.92 Å². The Morgan fingerprint density at radius 2 is 1.65 bits per heavy atom. The molecule has 1 atom stereocenters. The van der Waals surface area contributed by atoms with E-state index in [0.29, 0.717) is 5.92 Å². The smallest absolute Gasteiger partial charge is 0.430 e. The number of carbonyl (C=O) groups is 2. The van der Waals surface area contributed by atoms with Gasteiger partial charge < -0.3 is 19.1 Å². The number of alkyl halides is 3. The predicted molar refractivity (Wildman–Crippen MR) is 113 cm³/mol. The average Bonchev–Trinajstić information content (AvgIpc) is 2.77. The first-order valence-corrected chi connectivity index (χ1v) is 11.5. The van der Waals surface area contributed by atoms with Gasteiger partial charge in [-0.3, -0.25) is 5.32 Å². The second-order valence-corrected chi connectivity index (χ2v) is 8.90. The lowest BCUT2D eigenvalue weighted by Gasteiger charge is -2.52. The number of fused-ring (bicyclic) bond motifs is 3. The number of anilines is 1. The molecule has 0 unspecified atom stereocenters.